The quantitative estimate of drug-likeness (QED) is 0.121. The zero-order valence-electron chi connectivity index (χ0n) is 33.4. The maximum Gasteiger partial charge on any atom is 0.268 e. The van der Waals surface area contributed by atoms with Gasteiger partial charge in [-0.2, -0.15) is 0 Å². The molecule has 0 bridgehead atoms. The number of primary amides is 1. The predicted molar refractivity (Wildman–Crippen MR) is 221 cm³/mol. The average molecular weight is 786 g/mol. The average Bonchev–Trinajstić information content (AvgIpc) is 3.69. The highest BCUT2D eigenvalue weighted by atomic mass is 16.5. The molecular formula is C44H47N7O7. The Hall–Kier alpha value is -6.54. The van der Waals surface area contributed by atoms with Crippen molar-refractivity contribution in [2.75, 3.05) is 63.8 Å². The number of carbonyl (C=O) groups is 5. The molecule has 14 nitrogen and oxygen atoms in total. The van der Waals surface area contributed by atoms with Crippen LogP contribution in [0, 0.1) is 6.92 Å². The number of carbonyl (C=O) groups excluding carboxylic acids is 5. The normalized spacial score (nSPS) is 14.2. The molecule has 0 aliphatic carbocycles. The van der Waals surface area contributed by atoms with Crippen molar-refractivity contribution in [2.45, 2.75) is 32.6 Å². The lowest BCUT2D eigenvalue weighted by Crippen LogP contribution is -2.47. The van der Waals surface area contributed by atoms with E-state index in [1.54, 1.807) is 73.3 Å². The number of imidazole rings is 1. The Balaban J connectivity index is 1.12. The molecule has 1 saturated heterocycles. The summed E-state index contributed by atoms with van der Waals surface area (Å²) in [6.45, 7) is 5.65. The second-order valence-corrected chi connectivity index (χ2v) is 14.7. The molecule has 2 N–H and O–H groups in total. The molecule has 5 amide bonds. The van der Waals surface area contributed by atoms with Gasteiger partial charge in [0.15, 0.2) is 0 Å². The van der Waals surface area contributed by atoms with Crippen molar-refractivity contribution in [3.63, 3.8) is 0 Å². The van der Waals surface area contributed by atoms with E-state index in [4.69, 9.17) is 20.2 Å². The number of methoxy groups -OCH3 is 1. The summed E-state index contributed by atoms with van der Waals surface area (Å²) in [4.78, 5) is 78.4. The van der Waals surface area contributed by atoms with E-state index in [1.807, 2.05) is 24.0 Å². The van der Waals surface area contributed by atoms with E-state index in [0.717, 1.165) is 55.9 Å². The van der Waals surface area contributed by atoms with E-state index < -0.39 is 23.6 Å². The number of aryl methyl sites for hydroxylation is 2. The minimum absolute atomic E-state index is 0.0204. The lowest BCUT2D eigenvalue weighted by atomic mass is 9.95. The van der Waals surface area contributed by atoms with Gasteiger partial charge in [-0.25, -0.2) is 9.88 Å². The van der Waals surface area contributed by atoms with Crippen LogP contribution in [-0.2, 0) is 11.8 Å². The van der Waals surface area contributed by atoms with Crippen molar-refractivity contribution in [2.24, 2.45) is 12.8 Å². The fourth-order valence-electron chi connectivity index (χ4n) is 7.68. The van der Waals surface area contributed by atoms with E-state index >= 15 is 0 Å². The predicted octanol–water partition coefficient (Wildman–Crippen LogP) is 5.45. The Morgan fingerprint density at radius 1 is 0.828 bits per heavy atom. The Morgan fingerprint density at radius 3 is 2.19 bits per heavy atom. The molecule has 0 atom stereocenters. The molecule has 1 fully saturated rings. The van der Waals surface area contributed by atoms with Gasteiger partial charge in [-0.05, 0) is 81.3 Å². The lowest BCUT2D eigenvalue weighted by molar-refractivity contribution is -0.132. The maximum atomic E-state index is 14.3. The van der Waals surface area contributed by atoms with Gasteiger partial charge in [0.25, 0.3) is 23.6 Å². The first kappa shape index (κ1) is 39.7. The number of imide groups is 1. The Bertz CT molecular complexity index is 2420. The highest BCUT2D eigenvalue weighted by Gasteiger charge is 2.39. The molecule has 2 aliphatic heterocycles. The Labute approximate surface area is 336 Å². The smallest absolute Gasteiger partial charge is 0.268 e. The van der Waals surface area contributed by atoms with E-state index in [9.17, 15) is 24.0 Å². The molecule has 1 aromatic heterocycles. The third-order valence-electron chi connectivity index (χ3n) is 10.9. The number of benzene rings is 4. The Morgan fingerprint density at radius 2 is 1.52 bits per heavy atom. The number of nitrogens with zero attached hydrogens (tertiary/aromatic N) is 6. The zero-order valence-corrected chi connectivity index (χ0v) is 33.4. The standard InChI is InChI=1S/C44H47N7O7/c1-27-17-20-33(35(26-27)58-25-10-6-7-16-36(52)50-23-21-47(2)22-24-50)48(3)41(54)32-19-18-29(39(57-5)37(32)40(45)53)28-14-11-15-34-38(28)46-44(49(34)4)51-42(55)30-12-8-9-13-31(30)43(51)56/h8-9,11-15,17-20,26H,6-7,10,16,21-25H2,1-5H3,(H2,45,53). The van der Waals surface area contributed by atoms with Gasteiger partial charge in [0.1, 0.15) is 11.5 Å². The van der Waals surface area contributed by atoms with Gasteiger partial charge >= 0.3 is 0 Å². The highest BCUT2D eigenvalue weighted by Crippen LogP contribution is 2.41. The van der Waals surface area contributed by atoms with Crippen LogP contribution in [0.5, 0.6) is 11.5 Å². The lowest BCUT2D eigenvalue weighted by Gasteiger charge is -2.32. The first-order valence-corrected chi connectivity index (χ1v) is 19.3. The third-order valence-corrected chi connectivity index (χ3v) is 10.9. The van der Waals surface area contributed by atoms with Crippen LogP contribution in [0.15, 0.2) is 72.8 Å². The van der Waals surface area contributed by atoms with Crippen LogP contribution in [0.3, 0.4) is 0 Å². The summed E-state index contributed by atoms with van der Waals surface area (Å²) in [5, 5.41) is 0. The summed E-state index contributed by atoms with van der Waals surface area (Å²) in [5.41, 5.74) is 9.92. The number of unbranched alkanes of at least 4 members (excludes halogenated alkanes) is 2. The van der Waals surface area contributed by atoms with Crippen molar-refractivity contribution in [1.82, 2.24) is 19.4 Å². The molecule has 58 heavy (non-hydrogen) atoms. The second kappa shape index (κ2) is 16.5. The molecule has 0 unspecified atom stereocenters. The number of anilines is 2. The van der Waals surface area contributed by atoms with E-state index in [2.05, 4.69) is 11.9 Å². The summed E-state index contributed by atoms with van der Waals surface area (Å²) in [5.74, 6) is -1.45. The van der Waals surface area contributed by atoms with Gasteiger partial charge in [0.05, 0.1) is 52.7 Å². The van der Waals surface area contributed by atoms with Crippen molar-refractivity contribution in [1.29, 1.82) is 0 Å². The fraction of sp³-hybridized carbons (Fsp3) is 0.318. The molecule has 3 heterocycles. The van der Waals surface area contributed by atoms with Crippen LogP contribution in [0.2, 0.25) is 0 Å². The fourth-order valence-corrected chi connectivity index (χ4v) is 7.68. The number of para-hydroxylation sites is 1. The summed E-state index contributed by atoms with van der Waals surface area (Å²) in [6.07, 6.45) is 2.83. The molecule has 5 aromatic rings. The number of piperazine rings is 1. The maximum absolute atomic E-state index is 14.3. The molecule has 4 aromatic carbocycles. The van der Waals surface area contributed by atoms with Gasteiger partial charge in [-0.3, -0.25) is 24.0 Å². The number of aromatic nitrogens is 2. The van der Waals surface area contributed by atoms with Crippen LogP contribution in [0.4, 0.5) is 11.6 Å². The van der Waals surface area contributed by atoms with Gasteiger partial charge in [-0.15, -0.1) is 0 Å². The largest absolute Gasteiger partial charge is 0.495 e. The minimum atomic E-state index is -0.873. The SMILES string of the molecule is COc1c(-c2cccc3c2nc(N2C(=O)c4ccccc4C2=O)n3C)ccc(C(=O)N(C)c2ccc(C)cc2OCCCCCC(=O)N2CCN(C)CC2)c1C(N)=O. The van der Waals surface area contributed by atoms with E-state index in [1.165, 1.54) is 18.1 Å². The van der Waals surface area contributed by atoms with Crippen LogP contribution in [0.25, 0.3) is 22.2 Å². The zero-order chi connectivity index (χ0) is 41.2. The number of hydrogen-bond acceptors (Lipinski definition) is 9. The Kier molecular flexibility index (Phi) is 11.3. The van der Waals surface area contributed by atoms with Crippen molar-refractivity contribution < 1.29 is 33.4 Å². The van der Waals surface area contributed by atoms with Crippen LogP contribution in [-0.4, -0.2) is 103 Å². The summed E-state index contributed by atoms with van der Waals surface area (Å²) in [6, 6.07) is 20.7. The monoisotopic (exact) mass is 785 g/mol. The highest BCUT2D eigenvalue weighted by molar-refractivity contribution is 6.34. The summed E-state index contributed by atoms with van der Waals surface area (Å²) in [7, 11) is 6.77. The van der Waals surface area contributed by atoms with Crippen LogP contribution >= 0.6 is 0 Å². The van der Waals surface area contributed by atoms with E-state index in [-0.39, 0.29) is 28.7 Å². The molecule has 7 rings (SSSR count). The van der Waals surface area contributed by atoms with Gasteiger partial charge in [0, 0.05) is 57.8 Å². The number of nitrogens with two attached hydrogens (primary N) is 1. The molecule has 0 radical (unpaired) electrons. The van der Waals surface area contributed by atoms with E-state index in [0.29, 0.717) is 57.8 Å². The van der Waals surface area contributed by atoms with Crippen LogP contribution < -0.4 is 25.0 Å². The number of amides is 5. The van der Waals surface area contributed by atoms with Gasteiger partial charge in [0.2, 0.25) is 11.9 Å². The first-order valence-electron chi connectivity index (χ1n) is 19.3. The number of rotatable bonds is 13. The van der Waals surface area contributed by atoms with Crippen molar-refractivity contribution in [3.05, 3.63) is 101 Å². The molecule has 0 spiro atoms. The third kappa shape index (κ3) is 7.38. The van der Waals surface area contributed by atoms with Gasteiger partial charge in [-0.1, -0.05) is 30.3 Å². The molecule has 300 valence electrons. The number of hydrogen-bond donors (Lipinski definition) is 1. The minimum Gasteiger partial charge on any atom is -0.495 e. The van der Waals surface area contributed by atoms with Gasteiger partial charge < -0.3 is 34.5 Å². The number of fused-ring (bicyclic) bond motifs is 2. The molecular weight excluding hydrogens is 739 g/mol. The number of likely N-dealkylation sites (N-methyl/N-ethyl adjacent to an activating group) is 1. The van der Waals surface area contributed by atoms with Crippen LogP contribution in [0.1, 0.15) is 72.7 Å². The summed E-state index contributed by atoms with van der Waals surface area (Å²) >= 11 is 0. The number of ether oxygens (including phenoxy) is 2. The van der Waals surface area contributed by atoms with Crippen molar-refractivity contribution >= 4 is 52.2 Å². The molecule has 2 aliphatic rings. The molecule has 0 saturated carbocycles. The first-order chi connectivity index (χ1) is 27.9. The summed E-state index contributed by atoms with van der Waals surface area (Å²) < 4.78 is 13.7. The topological polar surface area (TPSA) is 161 Å². The second-order valence-electron chi connectivity index (χ2n) is 14.7. The molecule has 14 heteroatoms. The van der Waals surface area contributed by atoms with Crippen molar-refractivity contribution in [3.8, 4) is 22.6 Å².